The number of para-hydroxylation sites is 1. The van der Waals surface area contributed by atoms with Crippen molar-refractivity contribution in [3.8, 4) is 0 Å². The van der Waals surface area contributed by atoms with E-state index in [0.717, 1.165) is 23.0 Å². The van der Waals surface area contributed by atoms with Crippen molar-refractivity contribution < 1.29 is 5.11 Å². The molecule has 1 N–H and O–H groups in total. The summed E-state index contributed by atoms with van der Waals surface area (Å²) in [5, 5.41) is 16.0. The first-order chi connectivity index (χ1) is 9.69. The molecule has 2 aromatic heterocycles. The van der Waals surface area contributed by atoms with Crippen molar-refractivity contribution in [1.29, 1.82) is 0 Å². The van der Waals surface area contributed by atoms with Crippen molar-refractivity contribution in [3.63, 3.8) is 0 Å². The molecule has 0 radical (unpaired) electrons. The number of aromatic nitrogens is 2. The second-order valence-electron chi connectivity index (χ2n) is 4.97. The predicted molar refractivity (Wildman–Crippen MR) is 83.1 cm³/mol. The second-order valence-corrected chi connectivity index (χ2v) is 6.22. The lowest BCUT2D eigenvalue weighted by molar-refractivity contribution is 0.175. The molecule has 104 valence electrons. The zero-order valence-corrected chi connectivity index (χ0v) is 12.5. The highest BCUT2D eigenvalue weighted by Gasteiger charge is 2.17. The molecule has 3 aromatic rings. The molecule has 0 fully saturated rings. The lowest BCUT2D eigenvalue weighted by atomic mass is 10.1. The average molecular weight is 286 g/mol. The van der Waals surface area contributed by atoms with E-state index >= 15 is 0 Å². The smallest absolute Gasteiger partial charge is 0.103 e. The molecule has 0 bridgehead atoms. The number of rotatable bonds is 4. The Morgan fingerprint density at radius 3 is 2.70 bits per heavy atom. The maximum Gasteiger partial charge on any atom is 0.103 e. The van der Waals surface area contributed by atoms with Gasteiger partial charge in [0.1, 0.15) is 6.10 Å². The summed E-state index contributed by atoms with van der Waals surface area (Å²) < 4.78 is 1.83. The van der Waals surface area contributed by atoms with Crippen LogP contribution in [0.4, 0.5) is 0 Å². The van der Waals surface area contributed by atoms with Gasteiger partial charge in [0.25, 0.3) is 0 Å². The number of aliphatic hydroxyl groups excluding tert-OH is 1. The van der Waals surface area contributed by atoms with E-state index in [0.29, 0.717) is 6.42 Å². The summed E-state index contributed by atoms with van der Waals surface area (Å²) in [5.41, 5.74) is 1.83. The highest BCUT2D eigenvalue weighted by molar-refractivity contribution is 7.11. The predicted octanol–water partition coefficient (Wildman–Crippen LogP) is 3.47. The third-order valence-electron chi connectivity index (χ3n) is 3.56. The highest BCUT2D eigenvalue weighted by atomic mass is 32.1. The summed E-state index contributed by atoms with van der Waals surface area (Å²) in [5.74, 6) is 0. The van der Waals surface area contributed by atoms with E-state index in [9.17, 15) is 5.11 Å². The zero-order chi connectivity index (χ0) is 14.1. The molecule has 0 aliphatic heterocycles. The van der Waals surface area contributed by atoms with Crippen LogP contribution in [0, 0.1) is 0 Å². The Bertz CT molecular complexity index is 729. The standard InChI is InChI=1S/C16H18N2OS/c1-3-11-8-9-12(20-11)10-15(19)16-13-6-4-5-7-14(13)18(2)17-16/h4-9,15,19H,3,10H2,1-2H3. The van der Waals surface area contributed by atoms with E-state index in [1.807, 2.05) is 36.0 Å². The highest BCUT2D eigenvalue weighted by Crippen LogP contribution is 2.28. The molecule has 0 aliphatic rings. The van der Waals surface area contributed by atoms with E-state index in [2.05, 4.69) is 24.2 Å². The normalized spacial score (nSPS) is 12.9. The van der Waals surface area contributed by atoms with Crippen LogP contribution in [-0.4, -0.2) is 14.9 Å². The van der Waals surface area contributed by atoms with Gasteiger partial charge in [0.15, 0.2) is 0 Å². The van der Waals surface area contributed by atoms with Gasteiger partial charge in [0.05, 0.1) is 11.2 Å². The SMILES string of the molecule is CCc1ccc(CC(O)c2nn(C)c3ccccc23)s1. The fourth-order valence-corrected chi connectivity index (χ4v) is 3.49. The summed E-state index contributed by atoms with van der Waals surface area (Å²) in [6, 6.07) is 12.3. The zero-order valence-electron chi connectivity index (χ0n) is 11.7. The van der Waals surface area contributed by atoms with Crippen molar-refractivity contribution in [2.75, 3.05) is 0 Å². The van der Waals surface area contributed by atoms with Crippen LogP contribution in [0.3, 0.4) is 0 Å². The van der Waals surface area contributed by atoms with Gasteiger partial charge in [0, 0.05) is 28.6 Å². The Morgan fingerprint density at radius 1 is 1.20 bits per heavy atom. The minimum Gasteiger partial charge on any atom is -0.386 e. The molecule has 3 nitrogen and oxygen atoms in total. The van der Waals surface area contributed by atoms with Crippen molar-refractivity contribution in [3.05, 3.63) is 51.8 Å². The van der Waals surface area contributed by atoms with Crippen LogP contribution in [-0.2, 0) is 19.9 Å². The molecule has 1 unspecified atom stereocenters. The Balaban J connectivity index is 1.90. The molecule has 0 saturated carbocycles. The van der Waals surface area contributed by atoms with E-state index in [1.165, 1.54) is 9.75 Å². The van der Waals surface area contributed by atoms with Gasteiger partial charge in [-0.2, -0.15) is 5.10 Å². The minimum atomic E-state index is -0.551. The van der Waals surface area contributed by atoms with Crippen LogP contribution in [0.15, 0.2) is 36.4 Å². The van der Waals surface area contributed by atoms with Crippen molar-refractivity contribution >= 4 is 22.2 Å². The number of aliphatic hydroxyl groups is 1. The van der Waals surface area contributed by atoms with Gasteiger partial charge in [-0.15, -0.1) is 11.3 Å². The number of fused-ring (bicyclic) bond motifs is 1. The Labute approximate surface area is 122 Å². The minimum absolute atomic E-state index is 0.551. The third kappa shape index (κ3) is 2.37. The van der Waals surface area contributed by atoms with Gasteiger partial charge in [-0.3, -0.25) is 4.68 Å². The number of hydrogen-bond donors (Lipinski definition) is 1. The van der Waals surface area contributed by atoms with Crippen molar-refractivity contribution in [2.45, 2.75) is 25.9 Å². The first-order valence-electron chi connectivity index (χ1n) is 6.86. The van der Waals surface area contributed by atoms with Crippen molar-refractivity contribution in [2.24, 2.45) is 7.05 Å². The first kappa shape index (κ1) is 13.3. The maximum atomic E-state index is 10.5. The molecule has 0 spiro atoms. The first-order valence-corrected chi connectivity index (χ1v) is 7.68. The lowest BCUT2D eigenvalue weighted by Crippen LogP contribution is -2.02. The maximum absolute atomic E-state index is 10.5. The van der Waals surface area contributed by atoms with Gasteiger partial charge >= 0.3 is 0 Å². The van der Waals surface area contributed by atoms with Gasteiger partial charge in [-0.25, -0.2) is 0 Å². The second kappa shape index (κ2) is 5.38. The molecule has 1 atom stereocenters. The van der Waals surface area contributed by atoms with Crippen LogP contribution < -0.4 is 0 Å². The fourth-order valence-electron chi connectivity index (χ4n) is 2.50. The van der Waals surface area contributed by atoms with E-state index in [4.69, 9.17) is 0 Å². The van der Waals surface area contributed by atoms with Crippen molar-refractivity contribution in [1.82, 2.24) is 9.78 Å². The Morgan fingerprint density at radius 2 is 1.95 bits per heavy atom. The largest absolute Gasteiger partial charge is 0.386 e. The molecule has 0 aliphatic carbocycles. The topological polar surface area (TPSA) is 38.1 Å². The molecule has 0 amide bonds. The lowest BCUT2D eigenvalue weighted by Gasteiger charge is -2.06. The number of thiophene rings is 1. The molecular weight excluding hydrogens is 268 g/mol. The summed E-state index contributed by atoms with van der Waals surface area (Å²) in [6.07, 6.45) is 1.13. The molecular formula is C16H18N2OS. The summed E-state index contributed by atoms with van der Waals surface area (Å²) in [4.78, 5) is 2.57. The summed E-state index contributed by atoms with van der Waals surface area (Å²) >= 11 is 1.77. The molecule has 2 heterocycles. The number of hydrogen-bond acceptors (Lipinski definition) is 3. The average Bonchev–Trinajstić information content (AvgIpc) is 3.04. The monoisotopic (exact) mass is 286 g/mol. The Kier molecular flexibility index (Phi) is 3.59. The van der Waals surface area contributed by atoms with E-state index in [1.54, 1.807) is 11.3 Å². The quantitative estimate of drug-likeness (QED) is 0.797. The molecule has 1 aromatic carbocycles. The molecule has 0 saturated heterocycles. The van der Waals surface area contributed by atoms with Crippen LogP contribution >= 0.6 is 11.3 Å². The van der Waals surface area contributed by atoms with E-state index in [-0.39, 0.29) is 0 Å². The number of benzene rings is 1. The van der Waals surface area contributed by atoms with Crippen LogP contribution in [0.25, 0.3) is 10.9 Å². The van der Waals surface area contributed by atoms with Crippen LogP contribution in [0.1, 0.15) is 28.5 Å². The van der Waals surface area contributed by atoms with Gasteiger partial charge in [0.2, 0.25) is 0 Å². The van der Waals surface area contributed by atoms with Crippen LogP contribution in [0.2, 0.25) is 0 Å². The van der Waals surface area contributed by atoms with Gasteiger partial charge in [-0.1, -0.05) is 25.1 Å². The van der Waals surface area contributed by atoms with Crippen LogP contribution in [0.5, 0.6) is 0 Å². The summed E-state index contributed by atoms with van der Waals surface area (Å²) in [7, 11) is 1.92. The van der Waals surface area contributed by atoms with Gasteiger partial charge < -0.3 is 5.11 Å². The molecule has 20 heavy (non-hydrogen) atoms. The van der Waals surface area contributed by atoms with Gasteiger partial charge in [-0.05, 0) is 24.6 Å². The fraction of sp³-hybridized carbons (Fsp3) is 0.312. The molecule has 4 heteroatoms. The third-order valence-corrected chi connectivity index (χ3v) is 4.81. The number of aryl methyl sites for hydroxylation is 2. The number of nitrogens with zero attached hydrogens (tertiary/aromatic N) is 2. The van der Waals surface area contributed by atoms with E-state index < -0.39 is 6.10 Å². The molecule has 3 rings (SSSR count). The summed E-state index contributed by atoms with van der Waals surface area (Å²) in [6.45, 7) is 2.15. The Hall–Kier alpha value is -1.65.